The van der Waals surface area contributed by atoms with E-state index >= 15 is 0 Å². The maximum Gasteiger partial charge on any atom is 0.254 e. The third-order valence-corrected chi connectivity index (χ3v) is 4.54. The van der Waals surface area contributed by atoms with Crippen LogP contribution in [0.2, 0.25) is 0 Å². The fourth-order valence-electron chi connectivity index (χ4n) is 3.42. The van der Waals surface area contributed by atoms with Crippen LogP contribution in [-0.2, 0) is 0 Å². The molecule has 0 bridgehead atoms. The lowest BCUT2D eigenvalue weighted by Gasteiger charge is -2.29. The van der Waals surface area contributed by atoms with E-state index in [0.717, 1.165) is 25.7 Å². The zero-order valence-electron chi connectivity index (χ0n) is 13.5. The van der Waals surface area contributed by atoms with Crippen LogP contribution in [0.25, 0.3) is 10.9 Å². The van der Waals surface area contributed by atoms with Gasteiger partial charge in [0.15, 0.2) is 0 Å². The second kappa shape index (κ2) is 5.89. The maximum absolute atomic E-state index is 13.4. The molecule has 4 nitrogen and oxygen atoms in total. The van der Waals surface area contributed by atoms with Gasteiger partial charge >= 0.3 is 0 Å². The predicted molar refractivity (Wildman–Crippen MR) is 86.8 cm³/mol. The highest BCUT2D eigenvalue weighted by molar-refractivity contribution is 6.06. The molecule has 1 fully saturated rings. The molecule has 0 spiro atoms. The molecule has 0 unspecified atom stereocenters. The lowest BCUT2D eigenvalue weighted by Crippen LogP contribution is -2.42. The van der Waals surface area contributed by atoms with Crippen molar-refractivity contribution >= 4 is 16.8 Å². The normalized spacial score (nSPS) is 16.7. The molecule has 1 N–H and O–H groups in total. The van der Waals surface area contributed by atoms with Gasteiger partial charge in [0.25, 0.3) is 5.91 Å². The maximum atomic E-state index is 13.4. The molecule has 1 aromatic heterocycles. The van der Waals surface area contributed by atoms with Crippen LogP contribution < -0.4 is 0 Å². The molecule has 2 aromatic rings. The van der Waals surface area contributed by atoms with Crippen molar-refractivity contribution in [3.05, 3.63) is 41.3 Å². The summed E-state index contributed by atoms with van der Waals surface area (Å²) in [5, 5.41) is 11.1. The number of benzene rings is 1. The van der Waals surface area contributed by atoms with E-state index in [-0.39, 0.29) is 11.7 Å². The summed E-state index contributed by atoms with van der Waals surface area (Å²) in [6.45, 7) is 2.10. The highest BCUT2D eigenvalue weighted by Crippen LogP contribution is 2.30. The Morgan fingerprint density at radius 1 is 1.35 bits per heavy atom. The number of hydrogen-bond donors (Lipinski definition) is 1. The Hall–Kier alpha value is -2.01. The highest BCUT2D eigenvalue weighted by Gasteiger charge is 2.33. The van der Waals surface area contributed by atoms with Crippen LogP contribution in [0.1, 0.15) is 41.7 Å². The van der Waals surface area contributed by atoms with Crippen molar-refractivity contribution in [1.29, 1.82) is 0 Å². The van der Waals surface area contributed by atoms with E-state index < -0.39 is 5.60 Å². The van der Waals surface area contributed by atoms with Gasteiger partial charge in [0, 0.05) is 30.7 Å². The number of carbonyl (C=O) groups is 1. The summed E-state index contributed by atoms with van der Waals surface area (Å²) in [5.74, 6) is -0.546. The van der Waals surface area contributed by atoms with Crippen molar-refractivity contribution in [3.8, 4) is 0 Å². The molecule has 1 amide bonds. The van der Waals surface area contributed by atoms with E-state index in [0.29, 0.717) is 28.7 Å². The molecular weight excluding hydrogens is 295 g/mol. The minimum Gasteiger partial charge on any atom is -0.388 e. The Balaban J connectivity index is 1.94. The summed E-state index contributed by atoms with van der Waals surface area (Å²) < 4.78 is 13.4. The van der Waals surface area contributed by atoms with Crippen LogP contribution in [0.3, 0.4) is 0 Å². The van der Waals surface area contributed by atoms with Gasteiger partial charge in [-0.25, -0.2) is 4.39 Å². The van der Waals surface area contributed by atoms with Crippen molar-refractivity contribution < 1.29 is 14.3 Å². The number of nitrogens with zero attached hydrogens (tertiary/aromatic N) is 2. The van der Waals surface area contributed by atoms with E-state index in [1.165, 1.54) is 12.1 Å². The van der Waals surface area contributed by atoms with E-state index in [9.17, 15) is 14.3 Å². The number of aliphatic hydroxyl groups is 1. The van der Waals surface area contributed by atoms with Crippen LogP contribution in [0.5, 0.6) is 0 Å². The third kappa shape index (κ3) is 3.20. The minimum absolute atomic E-state index is 0.174. The fraction of sp³-hybridized carbons (Fsp3) is 0.444. The number of aromatic nitrogens is 1. The van der Waals surface area contributed by atoms with Gasteiger partial charge < -0.3 is 10.0 Å². The zero-order chi connectivity index (χ0) is 16.6. The average Bonchev–Trinajstić information content (AvgIpc) is 2.91. The Morgan fingerprint density at radius 2 is 2.04 bits per heavy atom. The summed E-state index contributed by atoms with van der Waals surface area (Å²) in [6.07, 6.45) is 3.45. The first-order chi connectivity index (χ1) is 10.9. The number of likely N-dealkylation sites (N-methyl/N-ethyl adjacent to an activating group) is 1. The lowest BCUT2D eigenvalue weighted by molar-refractivity contribution is 0.0157. The van der Waals surface area contributed by atoms with Gasteiger partial charge in [-0.15, -0.1) is 0 Å². The molecule has 1 saturated carbocycles. The standard InChI is InChI=1S/C18H21FN2O2/c1-12-9-15(14-6-5-13(19)10-16(14)20-12)17(22)21(2)11-18(23)7-3-4-8-18/h5-6,9-10,23H,3-4,7-8,11H2,1-2H3. The number of fused-ring (bicyclic) bond motifs is 1. The molecule has 3 rings (SSSR count). The summed E-state index contributed by atoms with van der Waals surface area (Å²) >= 11 is 0. The van der Waals surface area contributed by atoms with Crippen molar-refractivity contribution in [2.45, 2.75) is 38.2 Å². The molecule has 0 radical (unpaired) electrons. The Kier molecular flexibility index (Phi) is 4.06. The van der Waals surface area contributed by atoms with E-state index in [1.54, 1.807) is 31.0 Å². The molecule has 23 heavy (non-hydrogen) atoms. The van der Waals surface area contributed by atoms with Crippen molar-refractivity contribution in [2.75, 3.05) is 13.6 Å². The van der Waals surface area contributed by atoms with Gasteiger partial charge in [0.1, 0.15) is 5.82 Å². The molecule has 1 aliphatic rings. The first-order valence-corrected chi connectivity index (χ1v) is 7.93. The van der Waals surface area contributed by atoms with Gasteiger partial charge in [0.2, 0.25) is 0 Å². The van der Waals surface area contributed by atoms with Crippen molar-refractivity contribution in [3.63, 3.8) is 0 Å². The summed E-state index contributed by atoms with van der Waals surface area (Å²) in [6, 6.07) is 5.98. The summed E-state index contributed by atoms with van der Waals surface area (Å²) in [7, 11) is 1.70. The smallest absolute Gasteiger partial charge is 0.254 e. The molecule has 1 aromatic carbocycles. The van der Waals surface area contributed by atoms with Gasteiger partial charge in [-0.2, -0.15) is 0 Å². The monoisotopic (exact) mass is 316 g/mol. The molecule has 1 aliphatic carbocycles. The summed E-state index contributed by atoms with van der Waals surface area (Å²) in [4.78, 5) is 18.7. The largest absolute Gasteiger partial charge is 0.388 e. The Bertz CT molecular complexity index is 749. The average molecular weight is 316 g/mol. The van der Waals surface area contributed by atoms with Gasteiger partial charge in [0.05, 0.1) is 16.7 Å². The van der Waals surface area contributed by atoms with Crippen molar-refractivity contribution in [1.82, 2.24) is 9.88 Å². The third-order valence-electron chi connectivity index (χ3n) is 4.54. The van der Waals surface area contributed by atoms with Gasteiger partial charge in [-0.3, -0.25) is 9.78 Å². The number of amides is 1. The molecule has 0 saturated heterocycles. The second-order valence-electron chi connectivity index (χ2n) is 6.57. The quantitative estimate of drug-likeness (QED) is 0.947. The van der Waals surface area contributed by atoms with Crippen LogP contribution in [0.4, 0.5) is 4.39 Å². The number of aryl methyl sites for hydroxylation is 1. The fourth-order valence-corrected chi connectivity index (χ4v) is 3.42. The number of hydrogen-bond acceptors (Lipinski definition) is 3. The molecule has 0 atom stereocenters. The predicted octanol–water partition coefficient (Wildman–Crippen LogP) is 3.06. The Labute approximate surface area is 134 Å². The topological polar surface area (TPSA) is 53.4 Å². The molecule has 1 heterocycles. The van der Waals surface area contributed by atoms with Crippen LogP contribution in [0, 0.1) is 12.7 Å². The first-order valence-electron chi connectivity index (χ1n) is 7.93. The number of pyridine rings is 1. The number of halogens is 1. The molecular formula is C18H21FN2O2. The van der Waals surface area contributed by atoms with Crippen LogP contribution >= 0.6 is 0 Å². The van der Waals surface area contributed by atoms with E-state index in [2.05, 4.69) is 4.98 Å². The number of carbonyl (C=O) groups excluding carboxylic acids is 1. The van der Waals surface area contributed by atoms with Gasteiger partial charge in [-0.1, -0.05) is 12.8 Å². The van der Waals surface area contributed by atoms with E-state index in [1.807, 2.05) is 0 Å². The highest BCUT2D eigenvalue weighted by atomic mass is 19.1. The Morgan fingerprint density at radius 3 is 2.74 bits per heavy atom. The molecule has 122 valence electrons. The lowest BCUT2D eigenvalue weighted by atomic mass is 10.0. The van der Waals surface area contributed by atoms with Crippen LogP contribution in [-0.4, -0.2) is 40.1 Å². The number of rotatable bonds is 3. The second-order valence-corrected chi connectivity index (χ2v) is 6.57. The van der Waals surface area contributed by atoms with Gasteiger partial charge in [-0.05, 0) is 38.0 Å². The zero-order valence-corrected chi connectivity index (χ0v) is 13.5. The first kappa shape index (κ1) is 15.9. The minimum atomic E-state index is -0.783. The SMILES string of the molecule is Cc1cc(C(=O)N(C)CC2(O)CCCC2)c2ccc(F)cc2n1. The molecule has 5 heteroatoms. The van der Waals surface area contributed by atoms with Crippen molar-refractivity contribution in [2.24, 2.45) is 0 Å². The van der Waals surface area contributed by atoms with E-state index in [4.69, 9.17) is 0 Å². The summed E-state index contributed by atoms with van der Waals surface area (Å²) in [5.41, 5.74) is 0.853. The molecule has 0 aliphatic heterocycles. The van der Waals surface area contributed by atoms with Crippen LogP contribution in [0.15, 0.2) is 24.3 Å².